The van der Waals surface area contributed by atoms with Crippen molar-refractivity contribution in [1.82, 2.24) is 40.1 Å². The molecule has 9 rings (SSSR count). The van der Waals surface area contributed by atoms with Gasteiger partial charge in [0.25, 0.3) is 11.7 Å². The molecule has 45 heavy (non-hydrogen) atoms. The summed E-state index contributed by atoms with van der Waals surface area (Å²) in [6.07, 6.45) is 0.770. The standard InChI is InChI=1S/C29H32F4N8O4/c1-14-21(39-45-38-14)23(42)37-22(20(15-2-3-15)16-4-5-16)18-10-41-25(36-18)35-17(9-34-41)19-8-28(44,29(31,32)33)6-7-40(19)24(43)26-11-27(30,12-26)13-26/h9-10,15-16,19-20,22,44H,2-8,11-13H2,1H3,(H,37,42)/t19-,22-,26?,27?,28+/m1/s1. The number of carbonyl (C=O) groups excluding carboxylic acids is 2. The van der Waals surface area contributed by atoms with E-state index in [1.165, 1.54) is 15.6 Å². The number of piperidine rings is 1. The van der Waals surface area contributed by atoms with Gasteiger partial charge in [-0.2, -0.15) is 18.3 Å². The SMILES string of the molecule is Cc1nonc1C(=O)N[C@H](c1cn2ncc([C@H]3C[C@](O)(C(F)(F)F)CCN3C(=O)C34CC(F)(C3)C4)nc2n1)C(C1CC1)C1CC1. The van der Waals surface area contributed by atoms with Gasteiger partial charge in [0, 0.05) is 19.4 Å². The number of imidazole rings is 1. The third-order valence-electron chi connectivity index (χ3n) is 10.6. The first kappa shape index (κ1) is 28.8. The maximum absolute atomic E-state index is 14.3. The normalized spacial score (nSPS) is 31.9. The van der Waals surface area contributed by atoms with E-state index in [4.69, 9.17) is 9.61 Å². The molecule has 0 spiro atoms. The van der Waals surface area contributed by atoms with Crippen molar-refractivity contribution in [3.05, 3.63) is 35.2 Å². The summed E-state index contributed by atoms with van der Waals surface area (Å²) in [4.78, 5) is 37.4. The number of aryl methyl sites for hydroxylation is 1. The average molecular weight is 633 g/mol. The van der Waals surface area contributed by atoms with Gasteiger partial charge >= 0.3 is 6.18 Å². The zero-order chi connectivity index (χ0) is 31.5. The Bertz CT molecular complexity index is 1670. The van der Waals surface area contributed by atoms with Crippen LogP contribution in [0.1, 0.15) is 97.4 Å². The summed E-state index contributed by atoms with van der Waals surface area (Å²) in [5.41, 5.74) is -4.38. The Labute approximate surface area is 253 Å². The van der Waals surface area contributed by atoms with Gasteiger partial charge in [0.1, 0.15) is 11.4 Å². The fourth-order valence-corrected chi connectivity index (χ4v) is 7.98. The minimum absolute atomic E-state index is 0.0442. The Morgan fingerprint density at radius 1 is 1.11 bits per heavy atom. The van der Waals surface area contributed by atoms with E-state index in [0.29, 0.717) is 23.2 Å². The summed E-state index contributed by atoms with van der Waals surface area (Å²) in [5, 5.41) is 25.5. The Hall–Kier alpha value is -3.69. The molecule has 6 fully saturated rings. The second-order valence-corrected chi connectivity index (χ2v) is 14.0. The predicted molar refractivity (Wildman–Crippen MR) is 144 cm³/mol. The van der Waals surface area contributed by atoms with Crippen molar-refractivity contribution in [3.63, 3.8) is 0 Å². The third-order valence-corrected chi connectivity index (χ3v) is 10.6. The number of nitrogens with one attached hydrogen (secondary N) is 1. The lowest BCUT2D eigenvalue weighted by Gasteiger charge is -2.65. The first-order valence-electron chi connectivity index (χ1n) is 15.4. The highest BCUT2D eigenvalue weighted by Gasteiger charge is 2.74. The van der Waals surface area contributed by atoms with Crippen LogP contribution in [0.25, 0.3) is 5.78 Å². The number of alkyl halides is 4. The van der Waals surface area contributed by atoms with Crippen molar-refractivity contribution in [2.75, 3.05) is 6.54 Å². The van der Waals surface area contributed by atoms with Crippen LogP contribution in [0.15, 0.2) is 17.0 Å². The van der Waals surface area contributed by atoms with Gasteiger partial charge in [0.2, 0.25) is 5.91 Å². The van der Waals surface area contributed by atoms with Gasteiger partial charge in [0.05, 0.1) is 41.3 Å². The topological polar surface area (TPSA) is 152 Å². The van der Waals surface area contributed by atoms with E-state index in [2.05, 4.69) is 25.7 Å². The molecule has 2 bridgehead atoms. The van der Waals surface area contributed by atoms with Crippen LogP contribution in [0.4, 0.5) is 17.6 Å². The van der Waals surface area contributed by atoms with E-state index in [1.807, 2.05) is 0 Å². The molecule has 1 saturated heterocycles. The lowest BCUT2D eigenvalue weighted by Crippen LogP contribution is -2.71. The fourth-order valence-electron chi connectivity index (χ4n) is 7.98. The number of aromatic nitrogens is 6. The Balaban J connectivity index is 1.14. The molecule has 2 amide bonds. The minimum atomic E-state index is -4.93. The Morgan fingerprint density at radius 2 is 1.80 bits per heavy atom. The maximum atomic E-state index is 14.3. The fraction of sp³-hybridized carbons (Fsp3) is 0.690. The Kier molecular flexibility index (Phi) is 6.02. The van der Waals surface area contributed by atoms with E-state index in [1.54, 1.807) is 13.1 Å². The largest absolute Gasteiger partial charge is 0.417 e. The zero-order valence-electron chi connectivity index (χ0n) is 24.4. The number of amides is 2. The molecule has 16 heteroatoms. The second kappa shape index (κ2) is 9.42. The van der Waals surface area contributed by atoms with Crippen molar-refractivity contribution in [3.8, 4) is 0 Å². The summed E-state index contributed by atoms with van der Waals surface area (Å²) in [6.45, 7) is 1.25. The van der Waals surface area contributed by atoms with Crippen LogP contribution in [-0.4, -0.2) is 75.7 Å². The highest BCUT2D eigenvalue weighted by molar-refractivity contribution is 5.93. The summed E-state index contributed by atoms with van der Waals surface area (Å²) >= 11 is 0. The molecule has 3 aromatic heterocycles. The Morgan fingerprint density at radius 3 is 2.38 bits per heavy atom. The van der Waals surface area contributed by atoms with Crippen LogP contribution in [0.2, 0.25) is 0 Å². The first-order valence-corrected chi connectivity index (χ1v) is 15.4. The van der Waals surface area contributed by atoms with Gasteiger partial charge in [-0.3, -0.25) is 9.59 Å². The molecule has 0 unspecified atom stereocenters. The number of carbonyl (C=O) groups is 2. The van der Waals surface area contributed by atoms with Crippen LogP contribution in [0.3, 0.4) is 0 Å². The molecular formula is C29H32F4N8O4. The van der Waals surface area contributed by atoms with Crippen LogP contribution in [0, 0.1) is 30.1 Å². The molecule has 5 aliphatic carbocycles. The summed E-state index contributed by atoms with van der Waals surface area (Å²) < 4.78 is 62.4. The minimum Gasteiger partial charge on any atom is -0.380 e. The van der Waals surface area contributed by atoms with Gasteiger partial charge in [-0.25, -0.2) is 23.5 Å². The van der Waals surface area contributed by atoms with Crippen molar-refractivity contribution in [1.29, 1.82) is 0 Å². The van der Waals surface area contributed by atoms with E-state index in [0.717, 1.165) is 25.7 Å². The molecule has 240 valence electrons. The van der Waals surface area contributed by atoms with E-state index >= 15 is 0 Å². The molecule has 3 atom stereocenters. The number of aliphatic hydroxyl groups is 1. The van der Waals surface area contributed by atoms with E-state index in [9.17, 15) is 32.3 Å². The zero-order valence-corrected chi connectivity index (χ0v) is 24.4. The molecular weight excluding hydrogens is 600 g/mol. The number of hydrogen-bond acceptors (Lipinski definition) is 9. The smallest absolute Gasteiger partial charge is 0.380 e. The van der Waals surface area contributed by atoms with Crippen molar-refractivity contribution >= 4 is 17.6 Å². The first-order chi connectivity index (χ1) is 21.3. The number of nitrogens with zero attached hydrogens (tertiary/aromatic N) is 7. The molecule has 5 saturated carbocycles. The number of halogens is 4. The number of likely N-dealkylation sites (tertiary alicyclic amines) is 1. The number of hydrogen-bond donors (Lipinski definition) is 2. The summed E-state index contributed by atoms with van der Waals surface area (Å²) in [7, 11) is 0. The molecule has 0 aromatic carbocycles. The van der Waals surface area contributed by atoms with Gasteiger partial charge in [-0.15, -0.1) is 0 Å². The number of rotatable bonds is 8. The lowest BCUT2D eigenvalue weighted by atomic mass is 9.41. The van der Waals surface area contributed by atoms with Gasteiger partial charge in [-0.1, -0.05) is 5.16 Å². The van der Waals surface area contributed by atoms with E-state index < -0.39 is 59.6 Å². The molecule has 12 nitrogen and oxygen atoms in total. The highest BCUT2D eigenvalue weighted by Crippen LogP contribution is 2.70. The molecule has 4 heterocycles. The monoisotopic (exact) mass is 632 g/mol. The van der Waals surface area contributed by atoms with Crippen LogP contribution >= 0.6 is 0 Å². The van der Waals surface area contributed by atoms with Crippen molar-refractivity contribution in [2.45, 2.75) is 94.2 Å². The van der Waals surface area contributed by atoms with Crippen molar-refractivity contribution < 1.29 is 36.9 Å². The van der Waals surface area contributed by atoms with Crippen LogP contribution in [0.5, 0.6) is 0 Å². The maximum Gasteiger partial charge on any atom is 0.417 e. The third kappa shape index (κ3) is 4.61. The van der Waals surface area contributed by atoms with Crippen molar-refractivity contribution in [2.24, 2.45) is 23.2 Å². The molecule has 0 radical (unpaired) electrons. The van der Waals surface area contributed by atoms with Crippen LogP contribution in [-0.2, 0) is 4.79 Å². The summed E-state index contributed by atoms with van der Waals surface area (Å²) in [6, 6.07) is -1.76. The second-order valence-electron chi connectivity index (χ2n) is 14.0. The van der Waals surface area contributed by atoms with Crippen LogP contribution < -0.4 is 5.32 Å². The molecule has 6 aliphatic rings. The lowest BCUT2D eigenvalue weighted by molar-refractivity contribution is -0.280. The van der Waals surface area contributed by atoms with Gasteiger partial charge < -0.3 is 15.3 Å². The summed E-state index contributed by atoms with van der Waals surface area (Å²) in [5.74, 6) is 0.117. The van der Waals surface area contributed by atoms with E-state index in [-0.39, 0.29) is 48.9 Å². The quantitative estimate of drug-likeness (QED) is 0.355. The molecule has 2 N–H and O–H groups in total. The predicted octanol–water partition coefficient (Wildman–Crippen LogP) is 3.57. The highest BCUT2D eigenvalue weighted by atomic mass is 19.4. The number of fused-ring (bicyclic) bond motifs is 1. The van der Waals surface area contributed by atoms with Gasteiger partial charge in [0.15, 0.2) is 11.3 Å². The molecule has 3 aromatic rings. The van der Waals surface area contributed by atoms with Gasteiger partial charge in [-0.05, 0) is 74.8 Å². The molecule has 1 aliphatic heterocycles. The average Bonchev–Trinajstić information content (AvgIpc) is 3.89.